The lowest BCUT2D eigenvalue weighted by Gasteiger charge is -2.19. The summed E-state index contributed by atoms with van der Waals surface area (Å²) in [5.41, 5.74) is -0.348. The van der Waals surface area contributed by atoms with Crippen molar-refractivity contribution in [1.82, 2.24) is 0 Å². The van der Waals surface area contributed by atoms with E-state index in [1.807, 2.05) is 0 Å². The number of amides is 2. The highest BCUT2D eigenvalue weighted by Gasteiger charge is 2.60. The quantitative estimate of drug-likeness (QED) is 0.611. The lowest BCUT2D eigenvalue weighted by Crippen LogP contribution is -2.28. The fourth-order valence-corrected chi connectivity index (χ4v) is 3.93. The molecule has 1 saturated carbocycles. The number of nitrogens with one attached hydrogen (secondary N) is 1. The second kappa shape index (κ2) is 6.87. The van der Waals surface area contributed by atoms with E-state index < -0.39 is 29.0 Å². The Balaban J connectivity index is 1.50. The molecule has 3 aromatic rings. The summed E-state index contributed by atoms with van der Waals surface area (Å²) in [6.07, 6.45) is 0.155. The third-order valence-electron chi connectivity index (χ3n) is 5.50. The topological polar surface area (TPSA) is 58.6 Å². The zero-order chi connectivity index (χ0) is 21.8. The van der Waals surface area contributed by atoms with Crippen molar-refractivity contribution in [1.29, 1.82) is 0 Å². The molecule has 1 spiro atoms. The second-order valence-corrected chi connectivity index (χ2v) is 7.53. The monoisotopic (exact) mass is 424 g/mol. The molecule has 1 aliphatic carbocycles. The summed E-state index contributed by atoms with van der Waals surface area (Å²) in [5.74, 6) is -2.59. The van der Waals surface area contributed by atoms with Gasteiger partial charge in [-0.1, -0.05) is 18.2 Å². The largest absolute Gasteiger partial charge is 0.417 e. The van der Waals surface area contributed by atoms with Gasteiger partial charge in [0.2, 0.25) is 5.91 Å². The van der Waals surface area contributed by atoms with Gasteiger partial charge in [0.15, 0.2) is 0 Å². The van der Waals surface area contributed by atoms with Gasteiger partial charge in [-0.15, -0.1) is 0 Å². The van der Waals surface area contributed by atoms with Crippen LogP contribution in [0.25, 0.3) is 0 Å². The van der Waals surface area contributed by atoms with Crippen LogP contribution in [0.3, 0.4) is 0 Å². The van der Waals surface area contributed by atoms with Crippen LogP contribution in [-0.4, -0.2) is 12.0 Å². The molecule has 2 amide bonds. The normalized spacial score (nSPS) is 15.7. The lowest BCUT2D eigenvalue weighted by atomic mass is 9.97. The standard InChI is InChI=1S/C23H15F3N2O3/c24-13-8-14(25)10-15(9-13)28-20-12-18(26)19(11-17(20)23(6-7-23)21(28)29)27-22(30)31-16-4-2-1-3-5-16/h1-5,8-12H,6-7H2,(H,27,30). The highest BCUT2D eigenvalue weighted by Crippen LogP contribution is 2.59. The van der Waals surface area contributed by atoms with Crippen molar-refractivity contribution in [2.45, 2.75) is 18.3 Å². The number of benzene rings is 3. The van der Waals surface area contributed by atoms with Gasteiger partial charge in [0.05, 0.1) is 22.5 Å². The lowest BCUT2D eigenvalue weighted by molar-refractivity contribution is -0.119. The molecule has 0 aromatic heterocycles. The zero-order valence-corrected chi connectivity index (χ0v) is 16.0. The molecule has 156 valence electrons. The molecular weight excluding hydrogens is 409 g/mol. The Hall–Kier alpha value is -3.81. The number of anilines is 3. The second-order valence-electron chi connectivity index (χ2n) is 7.53. The first-order valence-electron chi connectivity index (χ1n) is 9.56. The molecule has 8 heteroatoms. The van der Waals surface area contributed by atoms with Gasteiger partial charge in [0.1, 0.15) is 23.2 Å². The molecule has 0 unspecified atom stereocenters. The molecule has 3 aromatic carbocycles. The number of nitrogens with zero attached hydrogens (tertiary/aromatic N) is 1. The number of rotatable bonds is 3. The van der Waals surface area contributed by atoms with Crippen molar-refractivity contribution in [2.75, 3.05) is 10.2 Å². The predicted molar refractivity (Wildman–Crippen MR) is 107 cm³/mol. The molecule has 1 N–H and O–H groups in total. The van der Waals surface area contributed by atoms with E-state index in [9.17, 15) is 22.8 Å². The Morgan fingerprint density at radius 3 is 2.29 bits per heavy atom. The van der Waals surface area contributed by atoms with Crippen molar-refractivity contribution < 1.29 is 27.5 Å². The van der Waals surface area contributed by atoms with Crippen molar-refractivity contribution in [3.05, 3.63) is 83.7 Å². The number of carbonyl (C=O) groups is 2. The van der Waals surface area contributed by atoms with Crippen molar-refractivity contribution >= 4 is 29.1 Å². The number of hydrogen-bond acceptors (Lipinski definition) is 3. The number of fused-ring (bicyclic) bond motifs is 2. The Kier molecular flexibility index (Phi) is 4.25. The Labute approximate surface area is 175 Å². The average molecular weight is 424 g/mol. The highest BCUT2D eigenvalue weighted by atomic mass is 19.1. The van der Waals surface area contributed by atoms with Crippen LogP contribution in [-0.2, 0) is 10.2 Å². The predicted octanol–water partition coefficient (Wildman–Crippen LogP) is 5.42. The average Bonchev–Trinajstić information content (AvgIpc) is 3.48. The Bertz CT molecular complexity index is 1210. The maximum atomic E-state index is 14.8. The Morgan fingerprint density at radius 2 is 1.65 bits per heavy atom. The van der Waals surface area contributed by atoms with Crippen molar-refractivity contribution in [2.24, 2.45) is 0 Å². The first-order valence-corrected chi connectivity index (χ1v) is 9.56. The van der Waals surface area contributed by atoms with Crippen LogP contribution in [0.2, 0.25) is 0 Å². The first-order chi connectivity index (χ1) is 14.9. The molecule has 1 fully saturated rings. The number of ether oxygens (including phenoxy) is 1. The van der Waals surface area contributed by atoms with Gasteiger partial charge in [0, 0.05) is 12.1 Å². The molecule has 1 aliphatic heterocycles. The van der Waals surface area contributed by atoms with Crippen molar-refractivity contribution in [3.63, 3.8) is 0 Å². The van der Waals surface area contributed by atoms with E-state index in [0.29, 0.717) is 24.5 Å². The SMILES string of the molecule is O=C(Nc1cc2c(cc1F)N(c1cc(F)cc(F)c1)C(=O)C21CC1)Oc1ccccc1. The van der Waals surface area contributed by atoms with Crippen LogP contribution in [0.5, 0.6) is 5.75 Å². The molecule has 31 heavy (non-hydrogen) atoms. The van der Waals surface area contributed by atoms with E-state index in [4.69, 9.17) is 4.74 Å². The number of para-hydroxylation sites is 1. The van der Waals surface area contributed by atoms with Crippen molar-refractivity contribution in [3.8, 4) is 5.75 Å². The summed E-state index contributed by atoms with van der Waals surface area (Å²) in [4.78, 5) is 26.4. The van der Waals surface area contributed by atoms with Gasteiger partial charge in [-0.05, 0) is 48.7 Å². The fraction of sp³-hybridized carbons (Fsp3) is 0.130. The van der Waals surface area contributed by atoms with E-state index in [2.05, 4.69) is 5.32 Å². The van der Waals surface area contributed by atoms with Crippen LogP contribution in [0.1, 0.15) is 18.4 Å². The molecule has 5 rings (SSSR count). The van der Waals surface area contributed by atoms with E-state index in [-0.39, 0.29) is 28.7 Å². The van der Waals surface area contributed by atoms with Gasteiger partial charge in [-0.3, -0.25) is 15.0 Å². The van der Waals surface area contributed by atoms with Gasteiger partial charge in [0.25, 0.3) is 0 Å². The van der Waals surface area contributed by atoms with Crippen LogP contribution >= 0.6 is 0 Å². The van der Waals surface area contributed by atoms with Gasteiger partial charge >= 0.3 is 6.09 Å². The molecule has 0 saturated heterocycles. The van der Waals surface area contributed by atoms with Gasteiger partial charge in [-0.2, -0.15) is 0 Å². The minimum absolute atomic E-state index is 0.0175. The van der Waals surface area contributed by atoms with Crippen LogP contribution < -0.4 is 15.0 Å². The fourth-order valence-electron chi connectivity index (χ4n) is 3.93. The maximum absolute atomic E-state index is 14.8. The molecule has 0 radical (unpaired) electrons. The van der Waals surface area contributed by atoms with Gasteiger partial charge < -0.3 is 4.74 Å². The van der Waals surface area contributed by atoms with Crippen LogP contribution in [0, 0.1) is 17.5 Å². The maximum Gasteiger partial charge on any atom is 0.417 e. The third kappa shape index (κ3) is 3.20. The summed E-state index contributed by atoms with van der Waals surface area (Å²) in [6.45, 7) is 0. The summed E-state index contributed by atoms with van der Waals surface area (Å²) < 4.78 is 47.4. The highest BCUT2D eigenvalue weighted by molar-refractivity contribution is 6.15. The van der Waals surface area contributed by atoms with E-state index in [1.165, 1.54) is 6.07 Å². The molecule has 0 atom stereocenters. The van der Waals surface area contributed by atoms with E-state index in [1.54, 1.807) is 30.3 Å². The molecule has 0 bridgehead atoms. The minimum atomic E-state index is -0.886. The smallest absolute Gasteiger partial charge is 0.410 e. The summed E-state index contributed by atoms with van der Waals surface area (Å²) >= 11 is 0. The third-order valence-corrected chi connectivity index (χ3v) is 5.50. The van der Waals surface area contributed by atoms with E-state index in [0.717, 1.165) is 23.1 Å². The minimum Gasteiger partial charge on any atom is -0.410 e. The number of carbonyl (C=O) groups excluding carboxylic acids is 2. The Morgan fingerprint density at radius 1 is 0.968 bits per heavy atom. The van der Waals surface area contributed by atoms with Gasteiger partial charge in [-0.25, -0.2) is 18.0 Å². The number of hydrogen-bond donors (Lipinski definition) is 1. The summed E-state index contributed by atoms with van der Waals surface area (Å²) in [7, 11) is 0. The number of halogens is 3. The molecule has 5 nitrogen and oxygen atoms in total. The van der Waals surface area contributed by atoms with E-state index >= 15 is 0 Å². The van der Waals surface area contributed by atoms with Crippen LogP contribution in [0.4, 0.5) is 35.0 Å². The van der Waals surface area contributed by atoms with Crippen LogP contribution in [0.15, 0.2) is 60.7 Å². The summed E-state index contributed by atoms with van der Waals surface area (Å²) in [6, 6.07) is 13.5. The molecule has 1 heterocycles. The zero-order valence-electron chi connectivity index (χ0n) is 16.0. The first kappa shape index (κ1) is 19.2. The molecule has 2 aliphatic rings. The molecular formula is C23H15F3N2O3. The summed E-state index contributed by atoms with van der Waals surface area (Å²) in [5, 5.41) is 2.36.